The minimum atomic E-state index is -1.24. The van der Waals surface area contributed by atoms with E-state index in [9.17, 15) is 28.0 Å². The van der Waals surface area contributed by atoms with Gasteiger partial charge in [-0.05, 0) is 73.0 Å². The molecule has 2 aromatic carbocycles. The van der Waals surface area contributed by atoms with Gasteiger partial charge >= 0.3 is 6.09 Å². The van der Waals surface area contributed by atoms with Crippen LogP contribution in [0.1, 0.15) is 24.1 Å². The number of pyridine rings is 1. The highest BCUT2D eigenvalue weighted by Crippen LogP contribution is 2.23. The van der Waals surface area contributed by atoms with Crippen molar-refractivity contribution in [1.82, 2.24) is 18.9 Å². The van der Waals surface area contributed by atoms with Crippen LogP contribution in [-0.2, 0) is 27.4 Å². The zero-order valence-electron chi connectivity index (χ0n) is 25.5. The van der Waals surface area contributed by atoms with E-state index in [1.807, 2.05) is 4.57 Å². The molecule has 3 amide bonds. The molecule has 4 rings (SSSR count). The minimum absolute atomic E-state index is 0.0287. The van der Waals surface area contributed by atoms with Gasteiger partial charge in [-0.2, -0.15) is 0 Å². The number of hydrogen-bond acceptors (Lipinski definition) is 5. The molecule has 2 heterocycles. The van der Waals surface area contributed by atoms with Gasteiger partial charge in [-0.1, -0.05) is 18.2 Å². The van der Waals surface area contributed by atoms with E-state index in [-0.39, 0.29) is 36.8 Å². The molecule has 0 unspecified atom stereocenters. The number of fused-ring (bicyclic) bond motifs is 1. The summed E-state index contributed by atoms with van der Waals surface area (Å²) >= 11 is 0. The number of carbonyl (C=O) groups excluding carboxylic acids is 3. The van der Waals surface area contributed by atoms with Crippen LogP contribution in [0.4, 0.5) is 19.3 Å². The first-order valence-electron chi connectivity index (χ1n) is 14.2. The van der Waals surface area contributed by atoms with Gasteiger partial charge in [-0.3, -0.25) is 14.4 Å². The van der Waals surface area contributed by atoms with Crippen LogP contribution in [0, 0.1) is 11.6 Å². The second-order valence-electron chi connectivity index (χ2n) is 10.9. The fourth-order valence-electron chi connectivity index (χ4n) is 4.58. The molecule has 1 N–H and O–H groups in total. The monoisotopic (exact) mass is 619 g/mol. The van der Waals surface area contributed by atoms with Crippen LogP contribution >= 0.6 is 0 Å². The molecule has 0 fully saturated rings. The molecule has 0 bridgehead atoms. The fraction of sp³-hybridized carbons (Fsp3) is 0.273. The molecule has 1 atom stereocenters. The van der Waals surface area contributed by atoms with Crippen molar-refractivity contribution in [3.05, 3.63) is 112 Å². The molecular weight excluding hydrogens is 584 g/mol. The molecule has 0 saturated heterocycles. The number of rotatable bonds is 11. The standard InChI is InChI=1S/C33H35F2N5O5/c1-37(2)30(41)10-6-5-9-29(45-33(44)38(3)4)31(42)36-27-8-7-17-39(32(27)43)21-26-19-23-18-25(35)15-16-28(23)40(26)20-22-11-13-24(34)14-12-22/h6-8,10-19,29H,5,9,20-21H2,1-4H3,(H,36,42)/b10-6+/t29-/m0/s1. The molecule has 236 valence electrons. The quantitative estimate of drug-likeness (QED) is 0.247. The highest BCUT2D eigenvalue weighted by molar-refractivity contribution is 5.95. The van der Waals surface area contributed by atoms with Crippen LogP contribution < -0.4 is 10.9 Å². The number of hydrogen-bond donors (Lipinski definition) is 1. The summed E-state index contributed by atoms with van der Waals surface area (Å²) in [5.74, 6) is -1.70. The van der Waals surface area contributed by atoms with E-state index < -0.39 is 29.5 Å². The average Bonchev–Trinajstić information content (AvgIpc) is 3.32. The fourth-order valence-corrected chi connectivity index (χ4v) is 4.58. The van der Waals surface area contributed by atoms with Crippen LogP contribution in [0.2, 0.25) is 0 Å². The lowest BCUT2D eigenvalue weighted by Crippen LogP contribution is -2.37. The summed E-state index contributed by atoms with van der Waals surface area (Å²) in [5.41, 5.74) is 1.69. The molecule has 0 radical (unpaired) electrons. The molecular formula is C33H35F2N5O5. The Labute approximate surface area is 259 Å². The van der Waals surface area contributed by atoms with Crippen LogP contribution in [0.5, 0.6) is 0 Å². The number of nitrogens with one attached hydrogen (secondary N) is 1. The topological polar surface area (TPSA) is 106 Å². The first-order valence-corrected chi connectivity index (χ1v) is 14.2. The molecule has 2 aromatic heterocycles. The number of aromatic nitrogens is 2. The third kappa shape index (κ3) is 8.43. The van der Waals surface area contributed by atoms with Crippen molar-refractivity contribution in [3.8, 4) is 0 Å². The molecule has 0 aliphatic heterocycles. The van der Waals surface area contributed by atoms with Crippen LogP contribution in [0.25, 0.3) is 10.9 Å². The number of ether oxygens (including phenoxy) is 1. The molecule has 0 saturated carbocycles. The zero-order valence-corrected chi connectivity index (χ0v) is 25.5. The van der Waals surface area contributed by atoms with Crippen LogP contribution in [-0.4, -0.2) is 71.1 Å². The minimum Gasteiger partial charge on any atom is -0.436 e. The van der Waals surface area contributed by atoms with Crippen LogP contribution in [0.3, 0.4) is 0 Å². The summed E-state index contributed by atoms with van der Waals surface area (Å²) in [6.07, 6.45) is 2.87. The van der Waals surface area contributed by atoms with Gasteiger partial charge in [0.05, 0.1) is 6.54 Å². The van der Waals surface area contributed by atoms with Crippen molar-refractivity contribution in [2.75, 3.05) is 33.5 Å². The molecule has 10 nitrogen and oxygen atoms in total. The SMILES string of the molecule is CN(C)C(=O)/C=C/CC[C@H](OC(=O)N(C)C)C(=O)Nc1cccn(Cc2cc3cc(F)ccc3n2Cc2ccc(F)cc2)c1=O. The third-order valence-electron chi connectivity index (χ3n) is 7.01. The van der Waals surface area contributed by atoms with E-state index in [2.05, 4.69) is 5.32 Å². The number of halogens is 2. The smallest absolute Gasteiger partial charge is 0.410 e. The Bertz CT molecular complexity index is 1780. The van der Waals surface area contributed by atoms with Crippen LogP contribution in [0.15, 0.2) is 83.8 Å². The van der Waals surface area contributed by atoms with Crippen molar-refractivity contribution in [1.29, 1.82) is 0 Å². The van der Waals surface area contributed by atoms with Gasteiger partial charge in [0.1, 0.15) is 17.3 Å². The number of nitrogens with zero attached hydrogens (tertiary/aromatic N) is 4. The van der Waals surface area contributed by atoms with E-state index in [1.165, 1.54) is 64.9 Å². The summed E-state index contributed by atoms with van der Waals surface area (Å²) in [6, 6.07) is 15.3. The number of carbonyl (C=O) groups is 3. The Kier molecular flexibility index (Phi) is 10.5. The number of amides is 3. The normalized spacial score (nSPS) is 11.9. The van der Waals surface area contributed by atoms with Gasteiger partial charge in [-0.15, -0.1) is 0 Å². The molecule has 4 aromatic rings. The van der Waals surface area contributed by atoms with Crippen molar-refractivity contribution < 1.29 is 27.9 Å². The summed E-state index contributed by atoms with van der Waals surface area (Å²) in [6.45, 7) is 0.438. The van der Waals surface area contributed by atoms with Crippen molar-refractivity contribution >= 4 is 34.5 Å². The van der Waals surface area contributed by atoms with E-state index >= 15 is 0 Å². The van der Waals surface area contributed by atoms with Crippen molar-refractivity contribution in [3.63, 3.8) is 0 Å². The average molecular weight is 620 g/mol. The first-order chi connectivity index (χ1) is 21.4. The van der Waals surface area contributed by atoms with Gasteiger partial charge < -0.3 is 29.0 Å². The zero-order chi connectivity index (χ0) is 32.7. The lowest BCUT2D eigenvalue weighted by Gasteiger charge is -2.20. The predicted octanol–water partition coefficient (Wildman–Crippen LogP) is 4.61. The Morgan fingerprint density at radius 1 is 0.933 bits per heavy atom. The molecule has 45 heavy (non-hydrogen) atoms. The van der Waals surface area contributed by atoms with E-state index in [0.29, 0.717) is 17.6 Å². The predicted molar refractivity (Wildman–Crippen MR) is 167 cm³/mol. The molecule has 12 heteroatoms. The van der Waals surface area contributed by atoms with Gasteiger partial charge in [0.2, 0.25) is 5.91 Å². The van der Waals surface area contributed by atoms with Gasteiger partial charge in [0.25, 0.3) is 11.5 Å². The Morgan fingerprint density at radius 3 is 2.33 bits per heavy atom. The van der Waals surface area contributed by atoms with Gasteiger partial charge in [0, 0.05) is 57.5 Å². The molecule has 0 aliphatic carbocycles. The lowest BCUT2D eigenvalue weighted by molar-refractivity contribution is -0.125. The largest absolute Gasteiger partial charge is 0.436 e. The Balaban J connectivity index is 1.58. The second-order valence-corrected chi connectivity index (χ2v) is 10.9. The Hall–Kier alpha value is -5.26. The van der Waals surface area contributed by atoms with Gasteiger partial charge in [0.15, 0.2) is 6.10 Å². The van der Waals surface area contributed by atoms with Gasteiger partial charge in [-0.25, -0.2) is 13.6 Å². The number of benzene rings is 2. The first kappa shape index (κ1) is 32.6. The highest BCUT2D eigenvalue weighted by Gasteiger charge is 2.24. The van der Waals surface area contributed by atoms with E-state index in [1.54, 1.807) is 56.7 Å². The van der Waals surface area contributed by atoms with E-state index in [4.69, 9.17) is 4.74 Å². The molecule has 0 aliphatic rings. The number of allylic oxidation sites excluding steroid dienone is 1. The number of likely N-dealkylation sites (N-methyl/N-ethyl adjacent to an activating group) is 1. The maximum Gasteiger partial charge on any atom is 0.410 e. The van der Waals surface area contributed by atoms with E-state index in [0.717, 1.165) is 11.1 Å². The summed E-state index contributed by atoms with van der Waals surface area (Å²) in [5, 5.41) is 3.22. The third-order valence-corrected chi connectivity index (χ3v) is 7.01. The maximum atomic E-state index is 14.1. The second kappa shape index (κ2) is 14.5. The Morgan fingerprint density at radius 2 is 1.64 bits per heavy atom. The summed E-state index contributed by atoms with van der Waals surface area (Å²) in [7, 11) is 6.18. The molecule has 0 spiro atoms. The number of anilines is 1. The highest BCUT2D eigenvalue weighted by atomic mass is 19.1. The lowest BCUT2D eigenvalue weighted by atomic mass is 10.1. The summed E-state index contributed by atoms with van der Waals surface area (Å²) in [4.78, 5) is 53.4. The maximum absolute atomic E-state index is 14.1. The van der Waals surface area contributed by atoms with Crippen molar-refractivity contribution in [2.24, 2.45) is 0 Å². The van der Waals surface area contributed by atoms with Crippen molar-refractivity contribution in [2.45, 2.75) is 32.0 Å². The summed E-state index contributed by atoms with van der Waals surface area (Å²) < 4.78 is 36.3.